The zero-order chi connectivity index (χ0) is 14.6. The Bertz CT molecular complexity index is 497. The molecule has 0 spiro atoms. The minimum atomic E-state index is -1.34. The fourth-order valence-electron chi connectivity index (χ4n) is 1.42. The van der Waals surface area contributed by atoms with Gasteiger partial charge >= 0.3 is 11.7 Å². The highest BCUT2D eigenvalue weighted by Crippen LogP contribution is 2.33. The van der Waals surface area contributed by atoms with E-state index in [-0.39, 0.29) is 11.4 Å². The first-order valence-electron chi connectivity index (χ1n) is 5.41. The lowest BCUT2D eigenvalue weighted by Gasteiger charge is -2.23. The highest BCUT2D eigenvalue weighted by molar-refractivity contribution is 5.79. The molecule has 0 bridgehead atoms. The molecule has 0 aliphatic carbocycles. The number of hydrogen-bond acceptors (Lipinski definition) is 6. The van der Waals surface area contributed by atoms with Crippen LogP contribution in [-0.2, 0) is 9.53 Å². The predicted octanol–water partition coefficient (Wildman–Crippen LogP) is 1.93. The standard InChI is InChI=1S/C12H15NO6/c1-12(2,11(14)18-4)19-10-7-8(17-3)5-6-9(10)13(15)16/h5-7H,1-4H3. The third-order valence-corrected chi connectivity index (χ3v) is 2.41. The number of nitro groups is 1. The van der Waals surface area contributed by atoms with Crippen LogP contribution < -0.4 is 9.47 Å². The first-order valence-corrected chi connectivity index (χ1v) is 5.41. The Morgan fingerprint density at radius 2 is 1.95 bits per heavy atom. The lowest BCUT2D eigenvalue weighted by atomic mass is 10.1. The molecule has 0 aliphatic rings. The van der Waals surface area contributed by atoms with Crippen LogP contribution in [0.15, 0.2) is 18.2 Å². The van der Waals surface area contributed by atoms with Crippen molar-refractivity contribution in [2.45, 2.75) is 19.4 Å². The molecule has 0 fully saturated rings. The molecule has 1 rings (SSSR count). The molecule has 19 heavy (non-hydrogen) atoms. The maximum absolute atomic E-state index is 11.5. The second kappa shape index (κ2) is 5.55. The monoisotopic (exact) mass is 269 g/mol. The molecule has 0 unspecified atom stereocenters. The van der Waals surface area contributed by atoms with Crippen molar-refractivity contribution in [1.82, 2.24) is 0 Å². The summed E-state index contributed by atoms with van der Waals surface area (Å²) < 4.78 is 14.9. The van der Waals surface area contributed by atoms with Gasteiger partial charge in [0.25, 0.3) is 0 Å². The smallest absolute Gasteiger partial charge is 0.349 e. The van der Waals surface area contributed by atoms with E-state index >= 15 is 0 Å². The van der Waals surface area contributed by atoms with Gasteiger partial charge in [0.05, 0.1) is 19.1 Å². The number of esters is 1. The number of ether oxygens (including phenoxy) is 3. The Kier molecular flexibility index (Phi) is 4.31. The molecular weight excluding hydrogens is 254 g/mol. The average molecular weight is 269 g/mol. The normalized spacial score (nSPS) is 10.7. The molecule has 0 atom stereocenters. The van der Waals surface area contributed by atoms with Crippen molar-refractivity contribution in [2.24, 2.45) is 0 Å². The van der Waals surface area contributed by atoms with Gasteiger partial charge in [0.15, 0.2) is 0 Å². The largest absolute Gasteiger partial charge is 0.497 e. The van der Waals surface area contributed by atoms with Gasteiger partial charge < -0.3 is 14.2 Å². The average Bonchev–Trinajstić information content (AvgIpc) is 2.36. The third kappa shape index (κ3) is 3.34. The number of carbonyl (C=O) groups excluding carboxylic acids is 1. The van der Waals surface area contributed by atoms with Crippen LogP contribution in [0.3, 0.4) is 0 Å². The molecule has 7 heteroatoms. The maximum Gasteiger partial charge on any atom is 0.349 e. The van der Waals surface area contributed by atoms with E-state index in [1.54, 1.807) is 0 Å². The van der Waals surface area contributed by atoms with E-state index in [2.05, 4.69) is 4.74 Å². The van der Waals surface area contributed by atoms with E-state index in [9.17, 15) is 14.9 Å². The summed E-state index contributed by atoms with van der Waals surface area (Å²) in [4.78, 5) is 21.8. The van der Waals surface area contributed by atoms with Crippen molar-refractivity contribution < 1.29 is 23.9 Å². The number of hydrogen-bond donors (Lipinski definition) is 0. The number of methoxy groups -OCH3 is 2. The van der Waals surface area contributed by atoms with E-state index in [4.69, 9.17) is 9.47 Å². The molecule has 0 saturated heterocycles. The van der Waals surface area contributed by atoms with E-state index in [1.807, 2.05) is 0 Å². The number of nitro benzene ring substituents is 1. The van der Waals surface area contributed by atoms with Gasteiger partial charge in [-0.25, -0.2) is 4.79 Å². The van der Waals surface area contributed by atoms with Crippen molar-refractivity contribution in [3.63, 3.8) is 0 Å². The Hall–Kier alpha value is -2.31. The van der Waals surface area contributed by atoms with Gasteiger partial charge in [-0.05, 0) is 19.9 Å². The number of nitrogens with zero attached hydrogens (tertiary/aromatic N) is 1. The summed E-state index contributed by atoms with van der Waals surface area (Å²) in [6, 6.07) is 4.04. The fraction of sp³-hybridized carbons (Fsp3) is 0.417. The minimum absolute atomic E-state index is 0.0558. The summed E-state index contributed by atoms with van der Waals surface area (Å²) in [6.07, 6.45) is 0. The molecule has 0 amide bonds. The summed E-state index contributed by atoms with van der Waals surface area (Å²) in [5.74, 6) is -0.300. The SMILES string of the molecule is COC(=O)C(C)(C)Oc1cc(OC)ccc1[N+](=O)[O-]. The third-order valence-electron chi connectivity index (χ3n) is 2.41. The summed E-state index contributed by atoms with van der Waals surface area (Å²) in [6.45, 7) is 2.92. The van der Waals surface area contributed by atoms with Crippen molar-refractivity contribution in [2.75, 3.05) is 14.2 Å². The molecular formula is C12H15NO6. The second-order valence-electron chi connectivity index (χ2n) is 4.19. The number of benzene rings is 1. The Balaban J connectivity index is 3.17. The van der Waals surface area contributed by atoms with Crippen LogP contribution >= 0.6 is 0 Å². The molecule has 1 aromatic carbocycles. The molecule has 0 heterocycles. The Morgan fingerprint density at radius 1 is 1.32 bits per heavy atom. The topological polar surface area (TPSA) is 87.9 Å². The van der Waals surface area contributed by atoms with E-state index in [0.29, 0.717) is 5.75 Å². The predicted molar refractivity (Wildman–Crippen MR) is 66.4 cm³/mol. The number of carbonyl (C=O) groups is 1. The fourth-order valence-corrected chi connectivity index (χ4v) is 1.42. The van der Waals surface area contributed by atoms with Crippen LogP contribution in [0.4, 0.5) is 5.69 Å². The van der Waals surface area contributed by atoms with Gasteiger partial charge in [-0.3, -0.25) is 10.1 Å². The maximum atomic E-state index is 11.5. The lowest BCUT2D eigenvalue weighted by Crippen LogP contribution is -2.39. The summed E-state index contributed by atoms with van der Waals surface area (Å²) in [5, 5.41) is 10.9. The van der Waals surface area contributed by atoms with Gasteiger partial charge in [-0.2, -0.15) is 0 Å². The van der Waals surface area contributed by atoms with E-state index < -0.39 is 16.5 Å². The lowest BCUT2D eigenvalue weighted by molar-refractivity contribution is -0.386. The van der Waals surface area contributed by atoms with Crippen molar-refractivity contribution in [1.29, 1.82) is 0 Å². The van der Waals surface area contributed by atoms with Crippen molar-refractivity contribution >= 4 is 11.7 Å². The first kappa shape index (κ1) is 14.7. The summed E-state index contributed by atoms with van der Waals surface area (Å²) >= 11 is 0. The van der Waals surface area contributed by atoms with Gasteiger partial charge in [0.1, 0.15) is 5.75 Å². The summed E-state index contributed by atoms with van der Waals surface area (Å²) in [5.41, 5.74) is -1.59. The zero-order valence-electron chi connectivity index (χ0n) is 11.1. The van der Waals surface area contributed by atoms with E-state index in [1.165, 1.54) is 46.3 Å². The van der Waals surface area contributed by atoms with Crippen LogP contribution in [0.2, 0.25) is 0 Å². The molecule has 0 aromatic heterocycles. The Labute approximate surface area is 110 Å². The van der Waals surface area contributed by atoms with Gasteiger partial charge in [0, 0.05) is 12.1 Å². The molecule has 7 nitrogen and oxygen atoms in total. The molecule has 104 valence electrons. The van der Waals surface area contributed by atoms with Crippen LogP contribution in [-0.4, -0.2) is 30.7 Å². The van der Waals surface area contributed by atoms with Crippen molar-refractivity contribution in [3.8, 4) is 11.5 Å². The Morgan fingerprint density at radius 3 is 2.42 bits per heavy atom. The molecule has 0 aliphatic heterocycles. The van der Waals surface area contributed by atoms with Gasteiger partial charge in [-0.15, -0.1) is 0 Å². The quantitative estimate of drug-likeness (QED) is 0.461. The van der Waals surface area contributed by atoms with Gasteiger partial charge in [0.2, 0.25) is 11.4 Å². The van der Waals surface area contributed by atoms with Crippen LogP contribution in [0.1, 0.15) is 13.8 Å². The zero-order valence-corrected chi connectivity index (χ0v) is 11.1. The second-order valence-corrected chi connectivity index (χ2v) is 4.19. The minimum Gasteiger partial charge on any atom is -0.497 e. The highest BCUT2D eigenvalue weighted by Gasteiger charge is 2.33. The molecule has 0 N–H and O–H groups in total. The van der Waals surface area contributed by atoms with Crippen LogP contribution in [0.5, 0.6) is 11.5 Å². The molecule has 1 aromatic rings. The molecule has 0 saturated carbocycles. The molecule has 0 radical (unpaired) electrons. The van der Waals surface area contributed by atoms with Crippen LogP contribution in [0.25, 0.3) is 0 Å². The first-order chi connectivity index (χ1) is 8.81. The van der Waals surface area contributed by atoms with E-state index in [0.717, 1.165) is 0 Å². The summed E-state index contributed by atoms with van der Waals surface area (Å²) in [7, 11) is 2.64. The van der Waals surface area contributed by atoms with Crippen LogP contribution in [0, 0.1) is 10.1 Å². The van der Waals surface area contributed by atoms with Crippen molar-refractivity contribution in [3.05, 3.63) is 28.3 Å². The number of rotatable bonds is 5. The highest BCUT2D eigenvalue weighted by atomic mass is 16.6. The van der Waals surface area contributed by atoms with Gasteiger partial charge in [-0.1, -0.05) is 0 Å².